The first-order valence-electron chi connectivity index (χ1n) is 29.4. The van der Waals surface area contributed by atoms with Gasteiger partial charge in [0, 0.05) is 6.42 Å². The molecular formula is C59H115NO5. The fourth-order valence-corrected chi connectivity index (χ4v) is 9.37. The van der Waals surface area contributed by atoms with Crippen LogP contribution in [0, 0.1) is 0 Å². The van der Waals surface area contributed by atoms with Gasteiger partial charge in [0.25, 0.3) is 0 Å². The maximum absolute atomic E-state index is 13.3. The number of aliphatic hydroxyl groups excluding tert-OH is 2. The second-order valence-corrected chi connectivity index (χ2v) is 20.4. The van der Waals surface area contributed by atoms with E-state index in [9.17, 15) is 19.8 Å². The van der Waals surface area contributed by atoms with Gasteiger partial charge in [-0.1, -0.05) is 277 Å². The van der Waals surface area contributed by atoms with Crippen molar-refractivity contribution in [1.29, 1.82) is 0 Å². The van der Waals surface area contributed by atoms with Crippen LogP contribution in [0.4, 0.5) is 0 Å². The van der Waals surface area contributed by atoms with Gasteiger partial charge in [-0.2, -0.15) is 0 Å². The van der Waals surface area contributed by atoms with Gasteiger partial charge < -0.3 is 20.3 Å². The van der Waals surface area contributed by atoms with E-state index in [1.807, 2.05) is 0 Å². The fourth-order valence-electron chi connectivity index (χ4n) is 9.37. The molecule has 1 amide bonds. The molecule has 3 N–H and O–H groups in total. The number of carbonyl (C=O) groups is 2. The molecule has 6 nitrogen and oxygen atoms in total. The maximum atomic E-state index is 13.3. The smallest absolute Gasteiger partial charge is 0.306 e. The molecule has 0 aromatic heterocycles. The third kappa shape index (κ3) is 48.9. The van der Waals surface area contributed by atoms with Crippen LogP contribution in [0.25, 0.3) is 0 Å². The molecule has 6 heteroatoms. The first kappa shape index (κ1) is 63.6. The molecule has 0 heterocycles. The van der Waals surface area contributed by atoms with Gasteiger partial charge >= 0.3 is 5.97 Å². The molecule has 0 aliphatic carbocycles. The SMILES string of the molecule is CCCCCCCCC/C=C/CCCCCCCC(=O)OC(CCCCCCCCCCCCCCCCCC)CC(=O)NC(CO)C(O)CCCCCCCCCCCCCCCC. The molecule has 0 radical (unpaired) electrons. The molecule has 0 saturated carbocycles. The van der Waals surface area contributed by atoms with Crippen molar-refractivity contribution in [1.82, 2.24) is 5.32 Å². The lowest BCUT2D eigenvalue weighted by atomic mass is 10.0. The minimum atomic E-state index is -0.784. The summed E-state index contributed by atoms with van der Waals surface area (Å²) >= 11 is 0. The van der Waals surface area contributed by atoms with Gasteiger partial charge in [-0.05, 0) is 51.4 Å². The van der Waals surface area contributed by atoms with Gasteiger partial charge in [0.05, 0.1) is 25.2 Å². The Morgan fingerprint density at radius 2 is 0.738 bits per heavy atom. The number of allylic oxidation sites excluding steroid dienone is 2. The van der Waals surface area contributed by atoms with Crippen LogP contribution in [0.2, 0.25) is 0 Å². The standard InChI is InChI=1S/C59H115NO5/c1-4-7-10-13-16-19-22-25-28-30-32-35-38-41-44-47-50-55(65-59(64)52-49-46-43-40-37-34-31-29-26-23-20-17-14-11-8-5-2)53-58(63)60-56(54-61)57(62)51-48-45-42-39-36-33-27-24-21-18-15-12-9-6-3/h29,31,55-57,61-62H,4-28,30,32-54H2,1-3H3,(H,60,63)/b31-29+. The van der Waals surface area contributed by atoms with Crippen molar-refractivity contribution in [2.45, 2.75) is 347 Å². The molecule has 0 fully saturated rings. The number of ether oxygens (including phenoxy) is 1. The minimum absolute atomic E-state index is 0.0824. The first-order valence-corrected chi connectivity index (χ1v) is 29.4. The lowest BCUT2D eigenvalue weighted by molar-refractivity contribution is -0.151. The Bertz CT molecular complexity index is 986. The van der Waals surface area contributed by atoms with Crippen LogP contribution in [0.3, 0.4) is 0 Å². The fraction of sp³-hybridized carbons (Fsp3) is 0.932. The molecular weight excluding hydrogens is 803 g/mol. The zero-order valence-electron chi connectivity index (χ0n) is 44.2. The normalized spacial score (nSPS) is 13.1. The summed E-state index contributed by atoms with van der Waals surface area (Å²) in [7, 11) is 0. The Morgan fingerprint density at radius 1 is 0.431 bits per heavy atom. The van der Waals surface area contributed by atoms with Crippen LogP contribution in [0.1, 0.15) is 329 Å². The zero-order chi connectivity index (χ0) is 47.4. The van der Waals surface area contributed by atoms with Gasteiger partial charge in [0.1, 0.15) is 6.10 Å². The molecule has 3 unspecified atom stereocenters. The van der Waals surface area contributed by atoms with Gasteiger partial charge in [0.2, 0.25) is 5.91 Å². The Labute approximate surface area is 406 Å². The number of nitrogens with one attached hydrogen (secondary N) is 1. The third-order valence-electron chi connectivity index (χ3n) is 13.8. The molecule has 3 atom stereocenters. The number of aliphatic hydroxyl groups is 2. The predicted octanol–water partition coefficient (Wildman–Crippen LogP) is 18.1. The Morgan fingerprint density at radius 3 is 1.09 bits per heavy atom. The lowest BCUT2D eigenvalue weighted by Crippen LogP contribution is -2.46. The van der Waals surface area contributed by atoms with Crippen LogP contribution >= 0.6 is 0 Å². The second kappa shape index (κ2) is 53.6. The average Bonchev–Trinajstić information content (AvgIpc) is 3.30. The maximum Gasteiger partial charge on any atom is 0.306 e. The van der Waals surface area contributed by atoms with E-state index >= 15 is 0 Å². The van der Waals surface area contributed by atoms with Crippen molar-refractivity contribution >= 4 is 11.9 Å². The average molecular weight is 919 g/mol. The lowest BCUT2D eigenvalue weighted by Gasteiger charge is -2.24. The number of hydrogen-bond acceptors (Lipinski definition) is 5. The number of amides is 1. The van der Waals surface area contributed by atoms with E-state index in [-0.39, 0.29) is 24.9 Å². The topological polar surface area (TPSA) is 95.9 Å². The van der Waals surface area contributed by atoms with E-state index in [4.69, 9.17) is 4.74 Å². The third-order valence-corrected chi connectivity index (χ3v) is 13.8. The van der Waals surface area contributed by atoms with E-state index in [0.717, 1.165) is 51.4 Å². The van der Waals surface area contributed by atoms with Gasteiger partial charge in [-0.3, -0.25) is 9.59 Å². The van der Waals surface area contributed by atoms with E-state index in [0.29, 0.717) is 19.3 Å². The Hall–Kier alpha value is -1.40. The highest BCUT2D eigenvalue weighted by atomic mass is 16.5. The molecule has 0 aromatic carbocycles. The summed E-state index contributed by atoms with van der Waals surface area (Å²) in [6.45, 7) is 6.53. The van der Waals surface area contributed by atoms with Gasteiger partial charge in [0.15, 0.2) is 0 Å². The van der Waals surface area contributed by atoms with Crippen LogP contribution < -0.4 is 5.32 Å². The largest absolute Gasteiger partial charge is 0.462 e. The number of carbonyl (C=O) groups excluding carboxylic acids is 2. The van der Waals surface area contributed by atoms with Crippen LogP contribution in [0.15, 0.2) is 12.2 Å². The Balaban J connectivity index is 4.52. The van der Waals surface area contributed by atoms with Crippen molar-refractivity contribution < 1.29 is 24.5 Å². The molecule has 0 spiro atoms. The molecule has 0 aromatic rings. The van der Waals surface area contributed by atoms with Gasteiger partial charge in [-0.25, -0.2) is 0 Å². The summed E-state index contributed by atoms with van der Waals surface area (Å²) in [5.41, 5.74) is 0. The quantitative estimate of drug-likeness (QED) is 0.0321. The number of esters is 1. The van der Waals surface area contributed by atoms with Crippen molar-refractivity contribution in [3.63, 3.8) is 0 Å². The van der Waals surface area contributed by atoms with Gasteiger partial charge in [-0.15, -0.1) is 0 Å². The molecule has 65 heavy (non-hydrogen) atoms. The predicted molar refractivity (Wildman–Crippen MR) is 283 cm³/mol. The molecule has 0 bridgehead atoms. The number of hydrogen-bond donors (Lipinski definition) is 3. The Kier molecular flexibility index (Phi) is 52.4. The molecule has 0 rings (SSSR count). The van der Waals surface area contributed by atoms with Crippen molar-refractivity contribution in [3.05, 3.63) is 12.2 Å². The van der Waals surface area contributed by atoms with Crippen molar-refractivity contribution in [3.8, 4) is 0 Å². The molecule has 0 aliphatic rings. The summed E-state index contributed by atoms with van der Waals surface area (Å²) in [6.07, 6.45) is 61.3. The van der Waals surface area contributed by atoms with Crippen molar-refractivity contribution in [2.24, 2.45) is 0 Å². The number of unbranched alkanes of at least 4 members (excludes halogenated alkanes) is 40. The summed E-state index contributed by atoms with van der Waals surface area (Å²) in [5, 5.41) is 23.9. The molecule has 0 saturated heterocycles. The van der Waals surface area contributed by atoms with Crippen LogP contribution in [-0.4, -0.2) is 46.9 Å². The zero-order valence-corrected chi connectivity index (χ0v) is 44.2. The summed E-state index contributed by atoms with van der Waals surface area (Å²) in [4.78, 5) is 26.3. The molecule has 386 valence electrons. The molecule has 0 aliphatic heterocycles. The highest BCUT2D eigenvalue weighted by Crippen LogP contribution is 2.19. The van der Waals surface area contributed by atoms with Crippen LogP contribution in [-0.2, 0) is 14.3 Å². The minimum Gasteiger partial charge on any atom is -0.462 e. The van der Waals surface area contributed by atoms with Crippen LogP contribution in [0.5, 0.6) is 0 Å². The van der Waals surface area contributed by atoms with Crippen molar-refractivity contribution in [2.75, 3.05) is 6.61 Å². The highest BCUT2D eigenvalue weighted by Gasteiger charge is 2.24. The van der Waals surface area contributed by atoms with E-state index < -0.39 is 18.2 Å². The van der Waals surface area contributed by atoms with E-state index in [1.165, 1.54) is 231 Å². The first-order chi connectivity index (χ1) is 32.0. The number of rotatable bonds is 54. The second-order valence-electron chi connectivity index (χ2n) is 20.4. The van der Waals surface area contributed by atoms with E-state index in [2.05, 4.69) is 38.2 Å². The van der Waals surface area contributed by atoms with E-state index in [1.54, 1.807) is 0 Å². The summed E-state index contributed by atoms with van der Waals surface area (Å²) in [6, 6.07) is -0.697. The summed E-state index contributed by atoms with van der Waals surface area (Å²) < 4.78 is 5.97. The summed E-state index contributed by atoms with van der Waals surface area (Å²) in [5.74, 6) is -0.459. The monoisotopic (exact) mass is 918 g/mol. The highest BCUT2D eigenvalue weighted by molar-refractivity contribution is 5.77.